The summed E-state index contributed by atoms with van der Waals surface area (Å²) in [4.78, 5) is 48.6. The van der Waals surface area contributed by atoms with E-state index in [2.05, 4.69) is 70.5 Å². The van der Waals surface area contributed by atoms with Gasteiger partial charge in [0.05, 0.1) is 33.5 Å². The van der Waals surface area contributed by atoms with E-state index in [0.717, 1.165) is 74.9 Å². The van der Waals surface area contributed by atoms with Crippen molar-refractivity contribution in [2.24, 2.45) is 17.6 Å². The predicted molar refractivity (Wildman–Crippen MR) is 217 cm³/mol. The van der Waals surface area contributed by atoms with E-state index < -0.39 is 5.95 Å². The maximum atomic E-state index is 13.8. The summed E-state index contributed by atoms with van der Waals surface area (Å²) in [5.41, 5.74) is 16.0. The number of para-hydroxylation sites is 2. The molecular formula is C42H51FN10O2. The second-order valence-electron chi connectivity index (χ2n) is 15.0. The van der Waals surface area contributed by atoms with Crippen LogP contribution in [0.15, 0.2) is 48.5 Å². The zero-order valence-electron chi connectivity index (χ0n) is 32.8. The number of aromatic nitrogens is 6. The normalized spacial score (nSPS) is 14.6. The van der Waals surface area contributed by atoms with Crippen molar-refractivity contribution in [1.29, 1.82) is 0 Å². The molecule has 2 amide bonds. The number of nitrogens with two attached hydrogens (primary N) is 1. The highest BCUT2D eigenvalue weighted by Gasteiger charge is 2.23. The Morgan fingerprint density at radius 3 is 1.60 bits per heavy atom. The summed E-state index contributed by atoms with van der Waals surface area (Å²) in [6.45, 7) is 17.6. The van der Waals surface area contributed by atoms with Gasteiger partial charge in [0, 0.05) is 71.9 Å². The maximum Gasteiger partial charge on any atom is 0.253 e. The maximum absolute atomic E-state index is 13.8. The van der Waals surface area contributed by atoms with Crippen molar-refractivity contribution in [3.63, 3.8) is 0 Å². The molecule has 0 bridgehead atoms. The van der Waals surface area contributed by atoms with Crippen LogP contribution in [0.2, 0.25) is 0 Å². The lowest BCUT2D eigenvalue weighted by molar-refractivity contribution is 0.0937. The molecule has 2 unspecified atom stereocenters. The highest BCUT2D eigenvalue weighted by atomic mass is 19.1. The molecule has 0 spiro atoms. The molecule has 2 atom stereocenters. The molecule has 0 radical (unpaired) electrons. The minimum absolute atomic E-state index is 0.0194. The Balaban J connectivity index is 0.000000166. The second kappa shape index (κ2) is 16.4. The number of nitrogens with zero attached hydrogens (tertiary/aromatic N) is 4. The summed E-state index contributed by atoms with van der Waals surface area (Å²) in [5.74, 6) is 1.25. The lowest BCUT2D eigenvalue weighted by atomic mass is 10.1. The monoisotopic (exact) mass is 746 g/mol. The number of hydrogen-bond acceptors (Lipinski definition) is 8. The van der Waals surface area contributed by atoms with E-state index in [0.29, 0.717) is 53.6 Å². The van der Waals surface area contributed by atoms with Gasteiger partial charge in [-0.1, -0.05) is 52.0 Å². The summed E-state index contributed by atoms with van der Waals surface area (Å²) in [6.07, 6.45) is 1.57. The average molecular weight is 747 g/mol. The van der Waals surface area contributed by atoms with E-state index in [1.54, 1.807) is 19.1 Å². The third kappa shape index (κ3) is 8.51. The minimum atomic E-state index is -0.575. The van der Waals surface area contributed by atoms with Gasteiger partial charge in [-0.2, -0.15) is 4.39 Å². The summed E-state index contributed by atoms with van der Waals surface area (Å²) in [7, 11) is 0. The number of rotatable bonds is 6. The van der Waals surface area contributed by atoms with Crippen molar-refractivity contribution in [2.75, 3.05) is 18.4 Å². The molecule has 2 aliphatic heterocycles. The van der Waals surface area contributed by atoms with Crippen molar-refractivity contribution in [3.05, 3.63) is 88.4 Å². The van der Waals surface area contributed by atoms with Crippen LogP contribution < -0.4 is 21.7 Å². The number of amides is 2. The standard InChI is InChI=1S/C21H25N5O.C16H13FN4O.C5H13N/c1-11(2)12(3)24-20-13(4)23-17-7-5-6-14(19(17)26-20)18-10-15-16(25-18)8-9-22-21(15)27;1-8-15(17)21-14-9(3-2-4-12(14)19-8)13-7-10-11(20-13)5-6-18-16(10)22;1-4(2)5(3)6/h5-7,10-12,25H,8-9H2,1-4H3,(H,22,27)(H,24,26);2-4,7,20H,5-6H2,1H3,(H,18,22);4-5H,6H2,1-3H3. The van der Waals surface area contributed by atoms with Crippen LogP contribution in [-0.2, 0) is 12.8 Å². The van der Waals surface area contributed by atoms with Gasteiger partial charge in [-0.15, -0.1) is 0 Å². The van der Waals surface area contributed by atoms with Gasteiger partial charge in [0.1, 0.15) is 16.9 Å². The van der Waals surface area contributed by atoms with Gasteiger partial charge in [0.25, 0.3) is 11.8 Å². The molecule has 7 N–H and O–H groups in total. The lowest BCUT2D eigenvalue weighted by Gasteiger charge is -2.19. The Labute approximate surface area is 320 Å². The van der Waals surface area contributed by atoms with Gasteiger partial charge >= 0.3 is 0 Å². The van der Waals surface area contributed by atoms with Crippen molar-refractivity contribution >= 4 is 39.7 Å². The zero-order chi connectivity index (χ0) is 39.6. The first-order valence-electron chi connectivity index (χ1n) is 18.9. The number of nitrogens with one attached hydrogen (secondary N) is 5. The molecule has 6 heterocycles. The fourth-order valence-corrected chi connectivity index (χ4v) is 6.14. The Morgan fingerprint density at radius 2 is 1.15 bits per heavy atom. The SMILES string of the molecule is CC(C)C(C)N.Cc1nc2cccc(-c3cc4c([nH]3)CCNC4=O)c2nc1F.Cc1nc2cccc(-c3cc4c([nH]3)CCNC4=O)c2nc1NC(C)C(C)C. The first-order valence-corrected chi connectivity index (χ1v) is 18.9. The van der Waals surface area contributed by atoms with Crippen LogP contribution in [0.3, 0.4) is 0 Å². The molecule has 6 aromatic rings. The molecule has 2 aliphatic rings. The number of hydrogen-bond donors (Lipinski definition) is 6. The van der Waals surface area contributed by atoms with Gasteiger partial charge in [-0.3, -0.25) is 9.59 Å². The number of aryl methyl sites for hydroxylation is 2. The first kappa shape index (κ1) is 39.0. The Bertz CT molecular complexity index is 2350. The van der Waals surface area contributed by atoms with E-state index in [9.17, 15) is 14.0 Å². The molecule has 288 valence electrons. The van der Waals surface area contributed by atoms with Gasteiger partial charge in [-0.05, 0) is 63.8 Å². The van der Waals surface area contributed by atoms with Crippen molar-refractivity contribution in [2.45, 2.75) is 80.3 Å². The van der Waals surface area contributed by atoms with E-state index in [1.165, 1.54) is 0 Å². The van der Waals surface area contributed by atoms with Gasteiger partial charge in [-0.25, -0.2) is 19.9 Å². The number of halogens is 1. The molecule has 0 saturated carbocycles. The molecule has 13 heteroatoms. The van der Waals surface area contributed by atoms with Crippen molar-refractivity contribution < 1.29 is 14.0 Å². The van der Waals surface area contributed by atoms with Crippen LogP contribution in [0.1, 0.15) is 85.0 Å². The number of anilines is 1. The predicted octanol–water partition coefficient (Wildman–Crippen LogP) is 7.02. The molecule has 55 heavy (non-hydrogen) atoms. The molecule has 0 fully saturated rings. The van der Waals surface area contributed by atoms with Crippen molar-refractivity contribution in [3.8, 4) is 22.5 Å². The van der Waals surface area contributed by atoms with Gasteiger partial charge < -0.3 is 31.7 Å². The Kier molecular flexibility index (Phi) is 11.6. The van der Waals surface area contributed by atoms with Crippen LogP contribution in [-0.4, -0.2) is 66.9 Å². The zero-order valence-corrected chi connectivity index (χ0v) is 32.8. The third-order valence-corrected chi connectivity index (χ3v) is 10.3. The second-order valence-corrected chi connectivity index (χ2v) is 15.0. The third-order valence-electron chi connectivity index (χ3n) is 10.3. The van der Waals surface area contributed by atoms with Gasteiger partial charge in [0.2, 0.25) is 5.95 Å². The van der Waals surface area contributed by atoms with Crippen LogP contribution in [0.25, 0.3) is 44.6 Å². The fraction of sp³-hybridized carbons (Fsp3) is 0.381. The topological polar surface area (TPSA) is 179 Å². The number of carbonyl (C=O) groups is 2. The Hall–Kier alpha value is -5.69. The van der Waals surface area contributed by atoms with Gasteiger partial charge in [0.15, 0.2) is 0 Å². The number of fused-ring (bicyclic) bond motifs is 4. The Morgan fingerprint density at radius 1 is 0.673 bits per heavy atom. The molecule has 0 aliphatic carbocycles. The summed E-state index contributed by atoms with van der Waals surface area (Å²) < 4.78 is 13.8. The van der Waals surface area contributed by atoms with Crippen LogP contribution in [0.4, 0.5) is 10.2 Å². The fourth-order valence-electron chi connectivity index (χ4n) is 6.14. The van der Waals surface area contributed by atoms with Crippen LogP contribution >= 0.6 is 0 Å². The highest BCUT2D eigenvalue weighted by Crippen LogP contribution is 2.31. The number of H-pyrrole nitrogens is 2. The smallest absolute Gasteiger partial charge is 0.253 e. The van der Waals surface area contributed by atoms with Crippen molar-refractivity contribution in [1.82, 2.24) is 40.5 Å². The quantitative estimate of drug-likeness (QED) is 0.105. The van der Waals surface area contributed by atoms with Crippen LogP contribution in [0.5, 0.6) is 0 Å². The molecule has 2 aromatic carbocycles. The summed E-state index contributed by atoms with van der Waals surface area (Å²) in [6, 6.07) is 15.8. The van der Waals surface area contributed by atoms with E-state index in [4.69, 9.17) is 15.7 Å². The van der Waals surface area contributed by atoms with E-state index in [1.807, 2.05) is 50.2 Å². The van der Waals surface area contributed by atoms with Crippen LogP contribution in [0, 0.1) is 31.6 Å². The minimum Gasteiger partial charge on any atom is -0.366 e. The van der Waals surface area contributed by atoms with E-state index in [-0.39, 0.29) is 17.5 Å². The number of aromatic amines is 2. The lowest BCUT2D eigenvalue weighted by Crippen LogP contribution is -2.31. The molecular weight excluding hydrogens is 696 g/mol. The highest BCUT2D eigenvalue weighted by molar-refractivity contribution is 6.00. The molecule has 0 saturated heterocycles. The largest absolute Gasteiger partial charge is 0.366 e. The summed E-state index contributed by atoms with van der Waals surface area (Å²) >= 11 is 0. The molecule has 4 aromatic heterocycles. The van der Waals surface area contributed by atoms with E-state index >= 15 is 0 Å². The first-order chi connectivity index (χ1) is 26.2. The number of carbonyl (C=O) groups excluding carboxylic acids is 2. The summed E-state index contributed by atoms with van der Waals surface area (Å²) in [5, 5.41) is 9.19. The average Bonchev–Trinajstić information content (AvgIpc) is 3.79. The molecule has 12 nitrogen and oxygen atoms in total. The number of benzene rings is 2. The molecule has 8 rings (SSSR count).